The molecule has 0 spiro atoms. The first-order valence-electron chi connectivity index (χ1n) is 6.37. The van der Waals surface area contributed by atoms with Gasteiger partial charge in [0.15, 0.2) is 0 Å². The number of ether oxygens (including phenoxy) is 1. The van der Waals surface area contributed by atoms with Crippen LogP contribution >= 0.6 is 23.2 Å². The molecule has 0 unspecified atom stereocenters. The average Bonchev–Trinajstić information content (AvgIpc) is 2.39. The molecule has 0 bridgehead atoms. The van der Waals surface area contributed by atoms with Crippen molar-refractivity contribution in [3.63, 3.8) is 0 Å². The zero-order chi connectivity index (χ0) is 14.3. The van der Waals surface area contributed by atoms with Gasteiger partial charge in [-0.05, 0) is 39.2 Å². The van der Waals surface area contributed by atoms with E-state index in [1.165, 1.54) is 0 Å². The fourth-order valence-corrected chi connectivity index (χ4v) is 2.18. The number of hydrogen-bond acceptors (Lipinski definition) is 2. The first-order chi connectivity index (χ1) is 9.00. The van der Waals surface area contributed by atoms with Crippen molar-refractivity contribution in [1.29, 1.82) is 5.26 Å². The second-order valence-electron chi connectivity index (χ2n) is 5.16. The molecule has 1 rings (SSSR count). The lowest BCUT2D eigenvalue weighted by Crippen LogP contribution is -2.08. The Balaban J connectivity index is 2.40. The first-order valence-corrected chi connectivity index (χ1v) is 7.29. The van der Waals surface area contributed by atoms with E-state index in [9.17, 15) is 0 Å². The van der Waals surface area contributed by atoms with Crippen LogP contribution in [0, 0.1) is 16.7 Å². The van der Waals surface area contributed by atoms with Crippen LogP contribution < -0.4 is 4.74 Å². The fourth-order valence-electron chi connectivity index (χ4n) is 1.72. The molecule has 0 fully saturated rings. The van der Waals surface area contributed by atoms with E-state index < -0.39 is 0 Å². The molecule has 0 atom stereocenters. The number of nitrogens with zero attached hydrogens (tertiary/aromatic N) is 1. The Labute approximate surface area is 125 Å². The van der Waals surface area contributed by atoms with Gasteiger partial charge in [0, 0.05) is 5.56 Å². The SMILES string of the molecule is CC(C)(C#N)CCCCOc1c(Cl)cccc1CCl. The normalized spacial score (nSPS) is 11.1. The number of alkyl halides is 1. The maximum absolute atomic E-state index is 8.92. The predicted molar refractivity (Wildman–Crippen MR) is 79.7 cm³/mol. The highest BCUT2D eigenvalue weighted by molar-refractivity contribution is 6.32. The van der Waals surface area contributed by atoms with E-state index in [-0.39, 0.29) is 5.41 Å². The average molecular weight is 300 g/mol. The van der Waals surface area contributed by atoms with Crippen molar-refractivity contribution in [3.8, 4) is 11.8 Å². The summed E-state index contributed by atoms with van der Waals surface area (Å²) >= 11 is 11.9. The van der Waals surface area contributed by atoms with Crippen LogP contribution in [0.4, 0.5) is 0 Å². The molecular formula is C15H19Cl2NO. The molecule has 0 heterocycles. The van der Waals surface area contributed by atoms with Gasteiger partial charge in [-0.3, -0.25) is 0 Å². The van der Waals surface area contributed by atoms with Gasteiger partial charge in [0.25, 0.3) is 0 Å². The summed E-state index contributed by atoms with van der Waals surface area (Å²) < 4.78 is 5.71. The summed E-state index contributed by atoms with van der Waals surface area (Å²) in [4.78, 5) is 0. The minimum absolute atomic E-state index is 0.258. The molecule has 0 saturated heterocycles. The number of benzene rings is 1. The second kappa shape index (κ2) is 7.62. The van der Waals surface area contributed by atoms with Crippen LogP contribution in [0.3, 0.4) is 0 Å². The van der Waals surface area contributed by atoms with Crippen LogP contribution in [-0.4, -0.2) is 6.61 Å². The van der Waals surface area contributed by atoms with Crippen molar-refractivity contribution in [2.24, 2.45) is 5.41 Å². The Bertz CT molecular complexity index is 452. The lowest BCUT2D eigenvalue weighted by molar-refractivity contribution is 0.293. The Hall–Kier alpha value is -0.910. The highest BCUT2D eigenvalue weighted by Crippen LogP contribution is 2.30. The smallest absolute Gasteiger partial charge is 0.142 e. The molecule has 0 saturated carbocycles. The minimum Gasteiger partial charge on any atom is -0.492 e. The Morgan fingerprint density at radius 1 is 1.32 bits per heavy atom. The molecule has 0 aliphatic rings. The van der Waals surface area contributed by atoms with Gasteiger partial charge in [-0.15, -0.1) is 11.6 Å². The number of rotatable bonds is 7. The van der Waals surface area contributed by atoms with Crippen LogP contribution in [-0.2, 0) is 5.88 Å². The van der Waals surface area contributed by atoms with E-state index in [1.807, 2.05) is 26.0 Å². The molecule has 0 aromatic heterocycles. The van der Waals surface area contributed by atoms with E-state index in [4.69, 9.17) is 33.2 Å². The zero-order valence-electron chi connectivity index (χ0n) is 11.4. The highest BCUT2D eigenvalue weighted by atomic mass is 35.5. The van der Waals surface area contributed by atoms with Gasteiger partial charge in [-0.2, -0.15) is 5.26 Å². The molecule has 0 radical (unpaired) electrons. The molecule has 104 valence electrons. The monoisotopic (exact) mass is 299 g/mol. The van der Waals surface area contributed by atoms with Crippen LogP contribution in [0.2, 0.25) is 5.02 Å². The van der Waals surface area contributed by atoms with Crippen LogP contribution in [0.5, 0.6) is 5.75 Å². The van der Waals surface area contributed by atoms with Crippen molar-refractivity contribution < 1.29 is 4.74 Å². The molecule has 1 aromatic carbocycles. The molecule has 19 heavy (non-hydrogen) atoms. The van der Waals surface area contributed by atoms with Gasteiger partial charge in [-0.1, -0.05) is 23.7 Å². The molecule has 0 aliphatic carbocycles. The van der Waals surface area contributed by atoms with Crippen molar-refractivity contribution in [2.45, 2.75) is 39.0 Å². The Morgan fingerprint density at radius 3 is 2.68 bits per heavy atom. The van der Waals surface area contributed by atoms with Crippen molar-refractivity contribution in [3.05, 3.63) is 28.8 Å². The van der Waals surface area contributed by atoms with Crippen LogP contribution in [0.15, 0.2) is 18.2 Å². The number of hydrogen-bond donors (Lipinski definition) is 0. The lowest BCUT2D eigenvalue weighted by atomic mass is 9.89. The molecule has 0 N–H and O–H groups in total. The molecule has 1 aromatic rings. The summed E-state index contributed by atoms with van der Waals surface area (Å²) in [6, 6.07) is 7.87. The van der Waals surface area contributed by atoms with Crippen molar-refractivity contribution >= 4 is 23.2 Å². The van der Waals surface area contributed by atoms with Gasteiger partial charge in [0.05, 0.1) is 29.0 Å². The highest BCUT2D eigenvalue weighted by Gasteiger charge is 2.15. The van der Waals surface area contributed by atoms with E-state index in [0.717, 1.165) is 24.8 Å². The maximum atomic E-state index is 8.92. The molecule has 0 aliphatic heterocycles. The second-order valence-corrected chi connectivity index (χ2v) is 5.84. The van der Waals surface area contributed by atoms with Gasteiger partial charge >= 0.3 is 0 Å². The van der Waals surface area contributed by atoms with Crippen molar-refractivity contribution in [1.82, 2.24) is 0 Å². The Morgan fingerprint density at radius 2 is 2.05 bits per heavy atom. The van der Waals surface area contributed by atoms with Gasteiger partial charge in [0.2, 0.25) is 0 Å². The summed E-state index contributed by atoms with van der Waals surface area (Å²) in [5.74, 6) is 1.07. The van der Waals surface area contributed by atoms with Crippen LogP contribution in [0.1, 0.15) is 38.7 Å². The van der Waals surface area contributed by atoms with Gasteiger partial charge in [-0.25, -0.2) is 0 Å². The van der Waals surface area contributed by atoms with E-state index in [0.29, 0.717) is 23.3 Å². The summed E-state index contributed by atoms with van der Waals surface area (Å²) in [6.45, 7) is 4.50. The third-order valence-corrected chi connectivity index (χ3v) is 3.52. The van der Waals surface area contributed by atoms with E-state index in [2.05, 4.69) is 6.07 Å². The predicted octanol–water partition coefficient (Wildman–Crippen LogP) is 5.18. The lowest BCUT2D eigenvalue weighted by Gasteiger charge is -2.15. The Kier molecular flexibility index (Phi) is 6.48. The number of unbranched alkanes of at least 4 members (excludes halogenated alkanes) is 1. The number of para-hydroxylation sites is 1. The minimum atomic E-state index is -0.258. The van der Waals surface area contributed by atoms with E-state index in [1.54, 1.807) is 6.07 Å². The number of nitriles is 1. The number of halogens is 2. The summed E-state index contributed by atoms with van der Waals surface area (Å²) in [7, 11) is 0. The van der Waals surface area contributed by atoms with Gasteiger partial charge < -0.3 is 4.74 Å². The molecule has 0 amide bonds. The third-order valence-electron chi connectivity index (χ3n) is 2.94. The third kappa shape index (κ3) is 5.30. The summed E-state index contributed by atoms with van der Waals surface area (Å²) in [6.07, 6.45) is 2.73. The standard InChI is InChI=1S/C15H19Cl2NO/c1-15(2,11-18)8-3-4-9-19-14-12(10-16)6-5-7-13(14)17/h5-7H,3-4,8-10H2,1-2H3. The largest absolute Gasteiger partial charge is 0.492 e. The van der Waals surface area contributed by atoms with Crippen LogP contribution in [0.25, 0.3) is 0 Å². The zero-order valence-corrected chi connectivity index (χ0v) is 12.9. The first kappa shape index (κ1) is 16.1. The molecule has 4 heteroatoms. The summed E-state index contributed by atoms with van der Waals surface area (Å²) in [5.41, 5.74) is 0.651. The van der Waals surface area contributed by atoms with Crippen molar-refractivity contribution in [2.75, 3.05) is 6.61 Å². The quantitative estimate of drug-likeness (QED) is 0.513. The topological polar surface area (TPSA) is 33.0 Å². The molecule has 2 nitrogen and oxygen atoms in total. The fraction of sp³-hybridized carbons (Fsp3) is 0.533. The van der Waals surface area contributed by atoms with Gasteiger partial charge in [0.1, 0.15) is 5.75 Å². The van der Waals surface area contributed by atoms with E-state index >= 15 is 0 Å². The maximum Gasteiger partial charge on any atom is 0.142 e. The molecular weight excluding hydrogens is 281 g/mol. The summed E-state index contributed by atoms with van der Waals surface area (Å²) in [5, 5.41) is 9.51.